The summed E-state index contributed by atoms with van der Waals surface area (Å²) in [5.74, 6) is 0. The Hall–Kier alpha value is 0.324. The molecule has 0 N–H and O–H groups in total. The summed E-state index contributed by atoms with van der Waals surface area (Å²) in [4.78, 5) is 0. The van der Waals surface area contributed by atoms with Crippen molar-refractivity contribution >= 4 is 0 Å². The molecule has 1 aromatic carbocycles. The van der Waals surface area contributed by atoms with E-state index in [1.165, 1.54) is 16.7 Å². The monoisotopic (exact) mass is 208 g/mol. The molecule has 1 rings (SSSR count). The Morgan fingerprint density at radius 3 is 1.70 bits per heavy atom. The quantitative estimate of drug-likeness (QED) is 0.574. The fraction of sp³-hybridized carbons (Fsp3) is 0.333. The fourth-order valence-corrected chi connectivity index (χ4v) is 0.819. The van der Waals surface area contributed by atoms with Crippen molar-refractivity contribution in [2.45, 2.75) is 20.8 Å². The summed E-state index contributed by atoms with van der Waals surface area (Å²) in [5.41, 5.74) is 4.04. The summed E-state index contributed by atoms with van der Waals surface area (Å²) in [7, 11) is 0. The molecule has 0 saturated carbocycles. The summed E-state index contributed by atoms with van der Waals surface area (Å²) < 4.78 is 0. The number of benzene rings is 1. The summed E-state index contributed by atoms with van der Waals surface area (Å²) in [6, 6.07) is 7.10. The van der Waals surface area contributed by atoms with Crippen molar-refractivity contribution in [3.8, 4) is 0 Å². The third-order valence-electron chi connectivity index (χ3n) is 1.78. The van der Waals surface area contributed by atoms with Crippen LogP contribution in [0.25, 0.3) is 0 Å². The molecule has 0 aromatic heterocycles. The van der Waals surface area contributed by atoms with E-state index in [9.17, 15) is 0 Å². The van der Waals surface area contributed by atoms with Gasteiger partial charge in [0.05, 0.1) is 0 Å². The minimum absolute atomic E-state index is 0. The number of hydrogen-bond acceptors (Lipinski definition) is 0. The molecule has 51 valence electrons. The van der Waals surface area contributed by atoms with Crippen LogP contribution in [0.4, 0.5) is 0 Å². The summed E-state index contributed by atoms with van der Waals surface area (Å²) in [6.07, 6.45) is 0. The zero-order valence-corrected chi connectivity index (χ0v) is 9.57. The van der Waals surface area contributed by atoms with Gasteiger partial charge in [-0.2, -0.15) is 34.9 Å². The molecule has 0 bridgehead atoms. The molecular weight excluding hydrogens is 197 g/mol. The maximum Gasteiger partial charge on any atom is 0 e. The first kappa shape index (κ1) is 10.3. The average molecular weight is 208 g/mol. The third-order valence-corrected chi connectivity index (χ3v) is 1.78. The topological polar surface area (TPSA) is 0 Å². The standard InChI is InChI=1S/C9H11.Y/c1-7-5-4-6-8(2)9(7)3;/h5-6H,1-3H3;/q-1;. The van der Waals surface area contributed by atoms with Crippen LogP contribution in [0.2, 0.25) is 0 Å². The minimum Gasteiger partial charge on any atom is -0.183 e. The molecule has 0 unspecified atom stereocenters. The van der Waals surface area contributed by atoms with Gasteiger partial charge in [-0.1, -0.05) is 20.8 Å². The molecule has 1 radical (unpaired) electrons. The zero-order valence-electron chi connectivity index (χ0n) is 6.73. The SMILES string of the molecule is Cc1c[c-]cc(C)c1C.[Y]. The summed E-state index contributed by atoms with van der Waals surface area (Å²) in [6.45, 7) is 6.36. The van der Waals surface area contributed by atoms with Crippen LogP contribution in [0, 0.1) is 26.8 Å². The van der Waals surface area contributed by atoms with Gasteiger partial charge in [-0.3, -0.25) is 0 Å². The van der Waals surface area contributed by atoms with Gasteiger partial charge in [0.25, 0.3) is 0 Å². The Labute approximate surface area is 87.9 Å². The van der Waals surface area contributed by atoms with Crippen molar-refractivity contribution < 1.29 is 32.7 Å². The van der Waals surface area contributed by atoms with Gasteiger partial charge in [-0.05, 0) is 0 Å². The van der Waals surface area contributed by atoms with Gasteiger partial charge in [0, 0.05) is 32.7 Å². The molecule has 1 heteroatoms. The number of hydrogen-bond donors (Lipinski definition) is 0. The summed E-state index contributed by atoms with van der Waals surface area (Å²) in [5, 5.41) is 0. The van der Waals surface area contributed by atoms with Crippen LogP contribution in [0.3, 0.4) is 0 Å². The fourth-order valence-electron chi connectivity index (χ4n) is 0.819. The van der Waals surface area contributed by atoms with Crippen molar-refractivity contribution in [1.82, 2.24) is 0 Å². The normalized spacial score (nSPS) is 8.70. The van der Waals surface area contributed by atoms with Gasteiger partial charge in [-0.15, -0.1) is 0 Å². The molecule has 0 fully saturated rings. The molecule has 0 spiro atoms. The van der Waals surface area contributed by atoms with E-state index < -0.39 is 0 Å². The van der Waals surface area contributed by atoms with E-state index in [1.807, 2.05) is 12.1 Å². The van der Waals surface area contributed by atoms with E-state index in [-0.39, 0.29) is 32.7 Å². The van der Waals surface area contributed by atoms with Gasteiger partial charge in [0.1, 0.15) is 0 Å². The molecule has 10 heavy (non-hydrogen) atoms. The predicted molar refractivity (Wildman–Crippen MR) is 39.5 cm³/mol. The van der Waals surface area contributed by atoms with Crippen molar-refractivity contribution in [3.05, 3.63) is 34.9 Å². The van der Waals surface area contributed by atoms with E-state index in [0.717, 1.165) is 0 Å². The van der Waals surface area contributed by atoms with Crippen molar-refractivity contribution in [1.29, 1.82) is 0 Å². The van der Waals surface area contributed by atoms with Crippen LogP contribution in [0.1, 0.15) is 16.7 Å². The Morgan fingerprint density at radius 2 is 1.40 bits per heavy atom. The second kappa shape index (κ2) is 4.25. The Bertz CT molecular complexity index is 196. The van der Waals surface area contributed by atoms with Crippen LogP contribution in [-0.4, -0.2) is 0 Å². The molecule has 0 nitrogen and oxygen atoms in total. The van der Waals surface area contributed by atoms with Gasteiger partial charge < -0.3 is 0 Å². The maximum absolute atomic E-state index is 3.07. The molecule has 0 amide bonds. The summed E-state index contributed by atoms with van der Waals surface area (Å²) >= 11 is 0. The zero-order chi connectivity index (χ0) is 6.85. The molecule has 0 aliphatic heterocycles. The van der Waals surface area contributed by atoms with E-state index in [2.05, 4.69) is 26.8 Å². The second-order valence-electron chi connectivity index (χ2n) is 2.45. The minimum atomic E-state index is 0. The van der Waals surface area contributed by atoms with Gasteiger partial charge in [-0.25, -0.2) is 0 Å². The number of rotatable bonds is 0. The Kier molecular flexibility index (Phi) is 4.39. The molecule has 1 aromatic rings. The van der Waals surface area contributed by atoms with E-state index >= 15 is 0 Å². The number of aryl methyl sites for hydroxylation is 2. The third kappa shape index (κ3) is 2.18. The van der Waals surface area contributed by atoms with Crippen LogP contribution in [0.5, 0.6) is 0 Å². The van der Waals surface area contributed by atoms with Crippen molar-refractivity contribution in [2.24, 2.45) is 0 Å². The molecule has 0 heterocycles. The predicted octanol–water partition coefficient (Wildman–Crippen LogP) is 2.41. The van der Waals surface area contributed by atoms with Crippen LogP contribution in [0.15, 0.2) is 12.1 Å². The van der Waals surface area contributed by atoms with Crippen molar-refractivity contribution in [2.75, 3.05) is 0 Å². The molecular formula is C9H11Y-. The first-order valence-corrected chi connectivity index (χ1v) is 3.15. The van der Waals surface area contributed by atoms with Gasteiger partial charge >= 0.3 is 0 Å². The Morgan fingerprint density at radius 1 is 1.00 bits per heavy atom. The molecule has 0 saturated heterocycles. The molecule has 0 aliphatic carbocycles. The van der Waals surface area contributed by atoms with Crippen molar-refractivity contribution in [3.63, 3.8) is 0 Å². The van der Waals surface area contributed by atoms with Gasteiger partial charge in [0.15, 0.2) is 0 Å². The van der Waals surface area contributed by atoms with Crippen LogP contribution in [-0.2, 0) is 32.7 Å². The van der Waals surface area contributed by atoms with Crippen LogP contribution < -0.4 is 0 Å². The van der Waals surface area contributed by atoms with E-state index in [0.29, 0.717) is 0 Å². The second-order valence-corrected chi connectivity index (χ2v) is 2.45. The smallest absolute Gasteiger partial charge is 0 e. The van der Waals surface area contributed by atoms with Gasteiger partial charge in [0.2, 0.25) is 0 Å². The average Bonchev–Trinajstić information content (AvgIpc) is 1.83. The first-order valence-electron chi connectivity index (χ1n) is 3.15. The molecule has 0 atom stereocenters. The first-order chi connectivity index (χ1) is 4.22. The largest absolute Gasteiger partial charge is 0.183 e. The Balaban J connectivity index is 0.000000810. The van der Waals surface area contributed by atoms with E-state index in [4.69, 9.17) is 0 Å². The maximum atomic E-state index is 3.07. The van der Waals surface area contributed by atoms with Crippen LogP contribution >= 0.6 is 0 Å². The molecule has 0 aliphatic rings. The van der Waals surface area contributed by atoms with E-state index in [1.54, 1.807) is 0 Å².